The smallest absolute Gasteiger partial charge is 0.313 e. The van der Waals surface area contributed by atoms with Gasteiger partial charge in [0.2, 0.25) is 5.82 Å². The van der Waals surface area contributed by atoms with Crippen LogP contribution in [-0.2, 0) is 0 Å². The van der Waals surface area contributed by atoms with Gasteiger partial charge in [-0.25, -0.2) is 4.98 Å². The number of nitrogens with two attached hydrogens (primary N) is 1. The Hall–Kier alpha value is -3.03. The third-order valence-electron chi connectivity index (χ3n) is 2.12. The number of nitro groups is 1. The van der Waals surface area contributed by atoms with Crippen LogP contribution in [0.1, 0.15) is 0 Å². The topological polar surface area (TPSA) is 119 Å². The van der Waals surface area contributed by atoms with E-state index in [1.54, 1.807) is 24.5 Å². The lowest BCUT2D eigenvalue weighted by molar-refractivity contribution is -0.384. The molecular weight excluding hydrogens is 248 g/mol. The molecule has 0 saturated heterocycles. The minimum Gasteiger partial charge on any atom is -0.369 e. The number of nitrogens with one attached hydrogen (secondary N) is 1. The molecule has 0 radical (unpaired) electrons. The first-order chi connectivity index (χ1) is 9.16. The molecule has 19 heavy (non-hydrogen) atoms. The zero-order chi connectivity index (χ0) is 13.7. The number of rotatable bonds is 3. The van der Waals surface area contributed by atoms with E-state index in [2.05, 4.69) is 20.3 Å². The van der Waals surface area contributed by atoms with E-state index in [1.807, 2.05) is 0 Å². The molecule has 0 atom stereocenters. The second-order valence-electron chi connectivity index (χ2n) is 3.47. The van der Waals surface area contributed by atoms with Crippen LogP contribution in [0.2, 0.25) is 0 Å². The third-order valence-corrected chi connectivity index (χ3v) is 2.12. The molecule has 0 unspecified atom stereocenters. The minimum absolute atomic E-state index is 0.00481. The van der Waals surface area contributed by atoms with Crippen molar-refractivity contribution in [3.63, 3.8) is 0 Å². The van der Waals surface area contributed by atoms with Crippen LogP contribution in [-0.4, -0.2) is 20.9 Å². The van der Waals surface area contributed by atoms with Crippen LogP contribution in [0.5, 0.6) is 0 Å². The summed E-state index contributed by atoms with van der Waals surface area (Å²) >= 11 is 0. The van der Waals surface area contributed by atoms with Gasteiger partial charge < -0.3 is 11.1 Å². The van der Waals surface area contributed by atoms with Crippen LogP contribution in [0, 0.1) is 10.1 Å². The molecule has 2 aromatic heterocycles. The van der Waals surface area contributed by atoms with Gasteiger partial charge in [-0.15, -0.1) is 0 Å². The van der Waals surface area contributed by atoms with E-state index in [9.17, 15) is 10.1 Å². The van der Waals surface area contributed by atoms with Crippen LogP contribution in [0.4, 0.5) is 17.2 Å². The van der Waals surface area contributed by atoms with Crippen molar-refractivity contribution in [2.24, 2.45) is 10.7 Å². The van der Waals surface area contributed by atoms with Crippen molar-refractivity contribution < 1.29 is 4.92 Å². The van der Waals surface area contributed by atoms with Crippen molar-refractivity contribution in [3.05, 3.63) is 53.0 Å². The number of hydrogen-bond donors (Lipinski definition) is 2. The molecule has 0 aliphatic rings. The van der Waals surface area contributed by atoms with Gasteiger partial charge in [-0.2, -0.15) is 4.99 Å². The number of anilines is 1. The van der Waals surface area contributed by atoms with Gasteiger partial charge in [0, 0.05) is 18.5 Å². The Bertz CT molecular complexity index is 614. The van der Waals surface area contributed by atoms with E-state index in [1.165, 1.54) is 18.3 Å². The van der Waals surface area contributed by atoms with Gasteiger partial charge in [0.1, 0.15) is 0 Å². The number of nitrogens with zero attached hydrogens (tertiary/aromatic N) is 4. The minimum atomic E-state index is -0.566. The highest BCUT2D eigenvalue weighted by molar-refractivity contribution is 5.94. The van der Waals surface area contributed by atoms with Gasteiger partial charge in [0.15, 0.2) is 5.96 Å². The average Bonchev–Trinajstić information content (AvgIpc) is 2.40. The molecule has 3 N–H and O–H groups in total. The molecule has 0 aliphatic heterocycles. The molecule has 0 aromatic carbocycles. The van der Waals surface area contributed by atoms with Gasteiger partial charge >= 0.3 is 5.69 Å². The lowest BCUT2D eigenvalue weighted by Crippen LogP contribution is -2.22. The quantitative estimate of drug-likeness (QED) is 0.372. The van der Waals surface area contributed by atoms with Crippen LogP contribution < -0.4 is 11.1 Å². The summed E-state index contributed by atoms with van der Waals surface area (Å²) in [5.41, 5.74) is 6.07. The van der Waals surface area contributed by atoms with E-state index in [0.717, 1.165) is 0 Å². The molecule has 96 valence electrons. The van der Waals surface area contributed by atoms with Crippen LogP contribution >= 0.6 is 0 Å². The molecule has 0 bridgehead atoms. The number of pyridine rings is 2. The fourth-order valence-corrected chi connectivity index (χ4v) is 1.34. The van der Waals surface area contributed by atoms with E-state index in [0.29, 0.717) is 5.69 Å². The normalized spacial score (nSPS) is 11.1. The molecule has 0 spiro atoms. The Kier molecular flexibility index (Phi) is 3.62. The Morgan fingerprint density at radius 3 is 2.84 bits per heavy atom. The van der Waals surface area contributed by atoms with Crippen molar-refractivity contribution in [2.75, 3.05) is 5.32 Å². The fraction of sp³-hybridized carbons (Fsp3) is 0. The van der Waals surface area contributed by atoms with Crippen molar-refractivity contribution in [1.82, 2.24) is 9.97 Å². The van der Waals surface area contributed by atoms with Gasteiger partial charge in [0.25, 0.3) is 0 Å². The fourth-order valence-electron chi connectivity index (χ4n) is 1.34. The van der Waals surface area contributed by atoms with E-state index in [-0.39, 0.29) is 17.5 Å². The monoisotopic (exact) mass is 258 g/mol. The lowest BCUT2D eigenvalue weighted by Gasteiger charge is -2.04. The predicted octanol–water partition coefficient (Wildman–Crippen LogP) is 1.44. The highest BCUT2D eigenvalue weighted by atomic mass is 16.6. The van der Waals surface area contributed by atoms with Crippen LogP contribution in [0.3, 0.4) is 0 Å². The first-order valence-electron chi connectivity index (χ1n) is 5.27. The van der Waals surface area contributed by atoms with Crippen molar-refractivity contribution >= 4 is 23.2 Å². The predicted molar refractivity (Wildman–Crippen MR) is 70.0 cm³/mol. The third kappa shape index (κ3) is 3.22. The maximum absolute atomic E-state index is 10.8. The zero-order valence-corrected chi connectivity index (χ0v) is 9.72. The van der Waals surface area contributed by atoms with Gasteiger partial charge in [-0.3, -0.25) is 15.1 Å². The molecule has 0 fully saturated rings. The van der Waals surface area contributed by atoms with Gasteiger partial charge in [-0.1, -0.05) is 0 Å². The SMILES string of the molecule is NC(=Nc1ncccc1[N+](=O)[O-])Nc1cccnc1. The Morgan fingerprint density at radius 2 is 2.16 bits per heavy atom. The second-order valence-corrected chi connectivity index (χ2v) is 3.47. The number of guanidine groups is 1. The largest absolute Gasteiger partial charge is 0.369 e. The van der Waals surface area contributed by atoms with E-state index >= 15 is 0 Å². The van der Waals surface area contributed by atoms with Gasteiger partial charge in [-0.05, 0) is 18.2 Å². The summed E-state index contributed by atoms with van der Waals surface area (Å²) < 4.78 is 0. The van der Waals surface area contributed by atoms with Crippen molar-refractivity contribution in [2.45, 2.75) is 0 Å². The summed E-state index contributed by atoms with van der Waals surface area (Å²) in [5.74, 6) is -0.0591. The first-order valence-corrected chi connectivity index (χ1v) is 5.27. The maximum atomic E-state index is 10.8. The molecule has 2 heterocycles. The number of hydrogen-bond acceptors (Lipinski definition) is 5. The van der Waals surface area contributed by atoms with Crippen LogP contribution in [0.15, 0.2) is 47.8 Å². The summed E-state index contributed by atoms with van der Waals surface area (Å²) in [4.78, 5) is 21.8. The Labute approximate surface area is 108 Å². The molecule has 0 saturated carbocycles. The molecule has 8 nitrogen and oxygen atoms in total. The Balaban J connectivity index is 2.24. The molecule has 2 aromatic rings. The van der Waals surface area contributed by atoms with Crippen LogP contribution in [0.25, 0.3) is 0 Å². The second kappa shape index (κ2) is 5.54. The summed E-state index contributed by atoms with van der Waals surface area (Å²) in [5, 5.41) is 13.5. The molecule has 8 heteroatoms. The standard InChI is InChI=1S/C11H10N6O2/c12-11(15-8-3-1-5-13-7-8)16-10-9(17(18)19)4-2-6-14-10/h1-7H,(H3,12,14,15,16). The highest BCUT2D eigenvalue weighted by Crippen LogP contribution is 2.23. The maximum Gasteiger partial charge on any atom is 0.313 e. The van der Waals surface area contributed by atoms with Gasteiger partial charge in [0.05, 0.1) is 16.8 Å². The zero-order valence-electron chi connectivity index (χ0n) is 9.72. The summed E-state index contributed by atoms with van der Waals surface area (Å²) in [6.07, 6.45) is 4.57. The van der Waals surface area contributed by atoms with E-state index < -0.39 is 4.92 Å². The Morgan fingerprint density at radius 1 is 1.37 bits per heavy atom. The highest BCUT2D eigenvalue weighted by Gasteiger charge is 2.13. The molecule has 0 amide bonds. The molecule has 2 rings (SSSR count). The number of aromatic nitrogens is 2. The van der Waals surface area contributed by atoms with Crippen molar-refractivity contribution in [3.8, 4) is 0 Å². The molecule has 0 aliphatic carbocycles. The summed E-state index contributed by atoms with van der Waals surface area (Å²) in [6, 6.07) is 6.23. The first kappa shape index (κ1) is 12.4. The van der Waals surface area contributed by atoms with E-state index in [4.69, 9.17) is 5.73 Å². The number of aliphatic imine (C=N–C) groups is 1. The molecular formula is C11H10N6O2. The summed E-state index contributed by atoms with van der Waals surface area (Å²) in [6.45, 7) is 0. The lowest BCUT2D eigenvalue weighted by atomic mass is 10.4. The average molecular weight is 258 g/mol. The van der Waals surface area contributed by atoms with Crippen molar-refractivity contribution in [1.29, 1.82) is 0 Å². The summed E-state index contributed by atoms with van der Waals surface area (Å²) in [7, 11) is 0.